The van der Waals surface area contributed by atoms with Crippen molar-refractivity contribution in [3.05, 3.63) is 163 Å². The van der Waals surface area contributed by atoms with E-state index in [4.69, 9.17) is 0 Å². The highest BCUT2D eigenvalue weighted by atomic mass is 127. The maximum Gasteiger partial charge on any atom is 0.154 e. The second-order valence-corrected chi connectivity index (χ2v) is 15.5. The van der Waals surface area contributed by atoms with Crippen molar-refractivity contribution in [1.29, 1.82) is 0 Å². The quantitative estimate of drug-likeness (QED) is 0.0836. The van der Waals surface area contributed by atoms with Gasteiger partial charge in [0.05, 0.1) is 19.6 Å². The third-order valence-electron chi connectivity index (χ3n) is 5.52. The molecule has 1 aliphatic carbocycles. The molecule has 0 bridgehead atoms. The van der Waals surface area contributed by atoms with Crippen LogP contribution in [0.5, 0.6) is 0 Å². The molecule has 0 N–H and O–H groups in total. The van der Waals surface area contributed by atoms with Crippen molar-refractivity contribution in [3.63, 3.8) is 0 Å². The summed E-state index contributed by atoms with van der Waals surface area (Å²) in [5, 5.41) is 0. The van der Waals surface area contributed by atoms with Crippen LogP contribution in [0.15, 0.2) is 157 Å². The second kappa shape index (κ2) is 14.0. The smallest absolute Gasteiger partial charge is 0.121 e. The van der Waals surface area contributed by atoms with Crippen molar-refractivity contribution in [2.24, 2.45) is 0 Å². The highest BCUT2D eigenvalue weighted by Crippen LogP contribution is 2.73. The molecule has 1 spiro atoms. The lowest BCUT2D eigenvalue weighted by atomic mass is 10.1. The van der Waals surface area contributed by atoms with E-state index < -0.39 is 0 Å². The molecule has 0 saturated heterocycles. The average Bonchev–Trinajstić information content (AvgIpc) is 3.37. The number of rotatable bonds is 9. The van der Waals surface area contributed by atoms with Gasteiger partial charge in [0.1, 0.15) is 0 Å². The predicted octanol–water partition coefficient (Wildman–Crippen LogP) is 11.7. The van der Waals surface area contributed by atoms with Crippen LogP contribution in [0.4, 0.5) is 0 Å². The molecule has 38 heavy (non-hydrogen) atoms. The Morgan fingerprint density at radius 1 is 0.947 bits per heavy atom. The van der Waals surface area contributed by atoms with Crippen LogP contribution in [0.25, 0.3) is 4.91 Å². The van der Waals surface area contributed by atoms with Gasteiger partial charge in [0.25, 0.3) is 0 Å². The van der Waals surface area contributed by atoms with E-state index in [1.807, 2.05) is 72.1 Å². The molecule has 1 atom stereocenters. The van der Waals surface area contributed by atoms with E-state index in [2.05, 4.69) is 134 Å². The summed E-state index contributed by atoms with van der Waals surface area (Å²) < 4.78 is 1.97. The zero-order valence-corrected chi connectivity index (χ0v) is 26.8. The molecule has 1 nitrogen and oxygen atoms in total. The van der Waals surface area contributed by atoms with Gasteiger partial charge in [0.15, 0.2) is 47.8 Å². The first-order valence-electron chi connectivity index (χ1n) is 12.2. The van der Waals surface area contributed by atoms with E-state index in [1.54, 1.807) is 0 Å². The first-order chi connectivity index (χ1) is 18.5. The van der Waals surface area contributed by atoms with Gasteiger partial charge in [-0.3, -0.25) is 0 Å². The van der Waals surface area contributed by atoms with Crippen molar-refractivity contribution in [1.82, 2.24) is 0 Å². The molecule has 0 fully saturated rings. The summed E-state index contributed by atoms with van der Waals surface area (Å²) in [6.45, 7) is 12.4. The van der Waals surface area contributed by atoms with Crippen LogP contribution < -0.4 is 0 Å². The van der Waals surface area contributed by atoms with Gasteiger partial charge in [-0.25, -0.2) is 0 Å². The van der Waals surface area contributed by atoms with Crippen molar-refractivity contribution in [2.75, 3.05) is 0 Å². The third-order valence-corrected chi connectivity index (χ3v) is 13.0. The fourth-order valence-corrected chi connectivity index (χ4v) is 10.6. The highest BCUT2D eigenvalue weighted by Gasteiger charge is 2.54. The number of halogens is 1. The SMILES string of the molecule is C=C/C=C(\C=C/C)C1=C(c2ccccc2)S[N+]2(SC(C3=CC=C=CC=C3)=C(/C(C=C)=C/C=C(\I)CC)S2)S1. The monoisotopic (exact) mass is 682 g/mol. The summed E-state index contributed by atoms with van der Waals surface area (Å²) in [5.41, 5.74) is 7.92. The summed E-state index contributed by atoms with van der Waals surface area (Å²) in [4.78, 5) is 5.02. The van der Waals surface area contributed by atoms with Gasteiger partial charge in [-0.1, -0.05) is 107 Å². The van der Waals surface area contributed by atoms with E-state index >= 15 is 0 Å². The molecule has 4 rings (SSSR count). The predicted molar refractivity (Wildman–Crippen MR) is 185 cm³/mol. The van der Waals surface area contributed by atoms with Crippen molar-refractivity contribution in [2.45, 2.75) is 20.3 Å². The van der Waals surface area contributed by atoms with E-state index in [9.17, 15) is 0 Å². The molecular weight excluding hydrogens is 654 g/mol. The van der Waals surface area contributed by atoms with E-state index in [0.29, 0.717) is 2.10 Å². The molecule has 1 unspecified atom stereocenters. The van der Waals surface area contributed by atoms with Gasteiger partial charge in [-0.2, -0.15) is 0 Å². The number of benzene rings is 1. The standard InChI is InChI=1S/C32H29INS4/c1-5-16-25(17-6-2)30-32(27-20-14-11-15-21-27)38-34(36-30)35-29(24(7-3)22-23-28(33)8-4)31(37-34)26-18-12-9-10-13-19-26/h5-7,9,11-23H,1,3,8H2,2,4H3/q+1/b17-6-,24-22+,25-16+,28-23-. The molecular formula is C32H29INS4+. The zero-order valence-electron chi connectivity index (χ0n) is 21.4. The molecule has 0 radical (unpaired) electrons. The Hall–Kier alpha value is -1.77. The summed E-state index contributed by atoms with van der Waals surface area (Å²) >= 11 is 9.93. The third kappa shape index (κ3) is 6.86. The Kier molecular flexibility index (Phi) is 10.8. The Labute approximate surface area is 258 Å². The van der Waals surface area contributed by atoms with Crippen LogP contribution in [0, 0.1) is 0 Å². The summed E-state index contributed by atoms with van der Waals surface area (Å²) in [7, 11) is 0. The van der Waals surface area contributed by atoms with Crippen molar-refractivity contribution >= 4 is 75.3 Å². The van der Waals surface area contributed by atoms with E-state index in [1.165, 1.54) is 39.9 Å². The highest BCUT2D eigenvalue weighted by molar-refractivity contribution is 14.1. The molecule has 2 aliphatic heterocycles. The van der Waals surface area contributed by atoms with Gasteiger partial charge < -0.3 is 0 Å². The molecule has 1 aromatic rings. The molecule has 0 saturated carbocycles. The Balaban J connectivity index is 1.82. The maximum absolute atomic E-state index is 4.20. The minimum atomic E-state index is 0.651. The van der Waals surface area contributed by atoms with Crippen LogP contribution in [-0.4, -0.2) is 2.10 Å². The minimum Gasteiger partial charge on any atom is -0.121 e. The average molecular weight is 683 g/mol. The van der Waals surface area contributed by atoms with Gasteiger partial charge in [0.2, 0.25) is 0 Å². The Morgan fingerprint density at radius 3 is 2.37 bits per heavy atom. The maximum atomic E-state index is 4.20. The first-order valence-corrected chi connectivity index (χ1v) is 16.4. The molecule has 0 aromatic heterocycles. The normalized spacial score (nSPS) is 22.2. The fourth-order valence-electron chi connectivity index (χ4n) is 3.71. The summed E-state index contributed by atoms with van der Waals surface area (Å²) in [6, 6.07) is 10.7. The summed E-state index contributed by atoms with van der Waals surface area (Å²) in [6.07, 6.45) is 26.0. The molecule has 6 heteroatoms. The number of hydrogen-bond donors (Lipinski definition) is 0. The lowest BCUT2D eigenvalue weighted by Crippen LogP contribution is -2.08. The van der Waals surface area contributed by atoms with Crippen LogP contribution in [0.1, 0.15) is 25.8 Å². The Morgan fingerprint density at radius 2 is 1.68 bits per heavy atom. The van der Waals surface area contributed by atoms with Crippen LogP contribution in [0.2, 0.25) is 0 Å². The molecule has 3 aliphatic rings. The number of quaternary nitrogens is 1. The van der Waals surface area contributed by atoms with Crippen molar-refractivity contribution in [3.8, 4) is 0 Å². The molecule has 1 aromatic carbocycles. The van der Waals surface area contributed by atoms with E-state index in [0.717, 1.165) is 12.0 Å². The largest absolute Gasteiger partial charge is 0.154 e. The molecule has 192 valence electrons. The molecule has 2 heterocycles. The Bertz CT molecular complexity index is 1430. The van der Waals surface area contributed by atoms with Gasteiger partial charge in [-0.15, -0.1) is 5.73 Å². The van der Waals surface area contributed by atoms with E-state index in [-0.39, 0.29) is 0 Å². The zero-order chi connectivity index (χ0) is 27.0. The van der Waals surface area contributed by atoms with Gasteiger partial charge >= 0.3 is 0 Å². The van der Waals surface area contributed by atoms with Gasteiger partial charge in [0, 0.05) is 0 Å². The van der Waals surface area contributed by atoms with Crippen LogP contribution in [-0.2, 0) is 0 Å². The fraction of sp³-hybridized carbons (Fsp3) is 0.0938. The first kappa shape index (κ1) is 29.2. The minimum absolute atomic E-state index is 0.651. The number of allylic oxidation sites excluding steroid dienone is 15. The number of hydrogen-bond acceptors (Lipinski definition) is 4. The molecule has 0 amide bonds. The number of nitrogens with zero attached hydrogens (tertiary/aromatic N) is 1. The van der Waals surface area contributed by atoms with Crippen molar-refractivity contribution < 1.29 is 2.10 Å². The van der Waals surface area contributed by atoms with Crippen LogP contribution >= 0.6 is 70.4 Å². The topological polar surface area (TPSA) is 0 Å². The lowest BCUT2D eigenvalue weighted by molar-refractivity contribution is -0.264. The lowest BCUT2D eigenvalue weighted by Gasteiger charge is -2.18. The van der Waals surface area contributed by atoms with Gasteiger partial charge in [-0.05, 0) is 80.0 Å². The second-order valence-electron chi connectivity index (χ2n) is 8.13. The van der Waals surface area contributed by atoms with Crippen LogP contribution in [0.3, 0.4) is 0 Å². The summed E-state index contributed by atoms with van der Waals surface area (Å²) in [5.74, 6) is 0.